The van der Waals surface area contributed by atoms with E-state index in [4.69, 9.17) is 4.74 Å². The van der Waals surface area contributed by atoms with E-state index < -0.39 is 0 Å². The molecule has 1 aromatic heterocycles. The standard InChI is InChI=1S/C17H25N3O3S/c1-23-17(22)15-12-5-2-3-6-13(12)24-16(15)19-14(21)11-20-9-4-7-18-8-10-20/h18H,2-11H2,1H3,(H,19,21). The van der Waals surface area contributed by atoms with Crippen molar-refractivity contribution in [2.45, 2.75) is 32.1 Å². The average molecular weight is 351 g/mol. The highest BCUT2D eigenvalue weighted by Gasteiger charge is 2.27. The van der Waals surface area contributed by atoms with Gasteiger partial charge in [-0.15, -0.1) is 11.3 Å². The molecule has 0 unspecified atom stereocenters. The summed E-state index contributed by atoms with van der Waals surface area (Å²) in [5.74, 6) is -0.399. The Kier molecular flexibility index (Phi) is 5.86. The number of esters is 1. The van der Waals surface area contributed by atoms with Gasteiger partial charge in [-0.2, -0.15) is 0 Å². The molecule has 7 heteroatoms. The molecule has 132 valence electrons. The molecule has 0 spiro atoms. The number of nitrogens with one attached hydrogen (secondary N) is 2. The summed E-state index contributed by atoms with van der Waals surface area (Å²) in [7, 11) is 1.39. The highest BCUT2D eigenvalue weighted by molar-refractivity contribution is 7.17. The first-order valence-electron chi connectivity index (χ1n) is 8.65. The zero-order chi connectivity index (χ0) is 16.9. The number of anilines is 1. The van der Waals surface area contributed by atoms with Crippen LogP contribution >= 0.6 is 11.3 Å². The quantitative estimate of drug-likeness (QED) is 0.807. The van der Waals surface area contributed by atoms with Gasteiger partial charge in [0.2, 0.25) is 5.91 Å². The van der Waals surface area contributed by atoms with Crippen LogP contribution in [-0.4, -0.2) is 56.6 Å². The number of rotatable bonds is 4. The van der Waals surface area contributed by atoms with Crippen molar-refractivity contribution in [2.24, 2.45) is 0 Å². The predicted octanol–water partition coefficient (Wildman–Crippen LogP) is 1.65. The minimum absolute atomic E-state index is 0.0550. The van der Waals surface area contributed by atoms with Gasteiger partial charge in [-0.3, -0.25) is 9.69 Å². The number of thiophene rings is 1. The number of ether oxygens (including phenoxy) is 1. The first-order valence-corrected chi connectivity index (χ1v) is 9.46. The molecule has 0 radical (unpaired) electrons. The van der Waals surface area contributed by atoms with Crippen LogP contribution in [0.3, 0.4) is 0 Å². The minimum Gasteiger partial charge on any atom is -0.465 e. The summed E-state index contributed by atoms with van der Waals surface area (Å²) in [4.78, 5) is 28.0. The number of fused-ring (bicyclic) bond motifs is 1. The molecule has 0 saturated carbocycles. The van der Waals surface area contributed by atoms with Crippen LogP contribution in [-0.2, 0) is 22.4 Å². The lowest BCUT2D eigenvalue weighted by atomic mass is 9.95. The average Bonchev–Trinajstić information content (AvgIpc) is 2.75. The van der Waals surface area contributed by atoms with Gasteiger partial charge in [0.1, 0.15) is 5.00 Å². The van der Waals surface area contributed by atoms with Crippen molar-refractivity contribution in [3.05, 3.63) is 16.0 Å². The van der Waals surface area contributed by atoms with Crippen LogP contribution in [0.2, 0.25) is 0 Å². The summed E-state index contributed by atoms with van der Waals surface area (Å²) in [6, 6.07) is 0. The molecule has 2 heterocycles. The Bertz CT molecular complexity index is 606. The Morgan fingerprint density at radius 2 is 2.04 bits per heavy atom. The Balaban J connectivity index is 1.72. The molecular weight excluding hydrogens is 326 g/mol. The zero-order valence-electron chi connectivity index (χ0n) is 14.2. The van der Waals surface area contributed by atoms with Crippen molar-refractivity contribution in [1.82, 2.24) is 10.2 Å². The number of methoxy groups -OCH3 is 1. The van der Waals surface area contributed by atoms with Crippen LogP contribution in [0.15, 0.2) is 0 Å². The van der Waals surface area contributed by atoms with Crippen LogP contribution < -0.4 is 10.6 Å². The fourth-order valence-corrected chi connectivity index (χ4v) is 4.69. The van der Waals surface area contributed by atoms with Gasteiger partial charge in [0.25, 0.3) is 0 Å². The van der Waals surface area contributed by atoms with E-state index in [1.54, 1.807) is 0 Å². The molecule has 1 aliphatic heterocycles. The Hall–Kier alpha value is -1.44. The van der Waals surface area contributed by atoms with Crippen LogP contribution in [0.4, 0.5) is 5.00 Å². The van der Waals surface area contributed by atoms with E-state index in [2.05, 4.69) is 15.5 Å². The molecule has 0 atom stereocenters. The molecule has 1 aromatic rings. The van der Waals surface area contributed by atoms with Crippen molar-refractivity contribution in [1.29, 1.82) is 0 Å². The molecule has 2 N–H and O–H groups in total. The number of hydrogen-bond donors (Lipinski definition) is 2. The summed E-state index contributed by atoms with van der Waals surface area (Å²) in [6.45, 7) is 4.07. The normalized spacial score (nSPS) is 18.5. The van der Waals surface area contributed by atoms with E-state index >= 15 is 0 Å². The van der Waals surface area contributed by atoms with Gasteiger partial charge in [-0.25, -0.2) is 4.79 Å². The van der Waals surface area contributed by atoms with Crippen molar-refractivity contribution < 1.29 is 14.3 Å². The maximum atomic E-state index is 12.5. The van der Waals surface area contributed by atoms with Crippen LogP contribution in [0.1, 0.15) is 40.1 Å². The highest BCUT2D eigenvalue weighted by Crippen LogP contribution is 2.38. The Labute approximate surface area is 146 Å². The second-order valence-electron chi connectivity index (χ2n) is 6.33. The predicted molar refractivity (Wildman–Crippen MR) is 94.9 cm³/mol. The van der Waals surface area contributed by atoms with Crippen molar-refractivity contribution >= 4 is 28.2 Å². The van der Waals surface area contributed by atoms with Crippen molar-refractivity contribution in [3.8, 4) is 0 Å². The number of carbonyl (C=O) groups is 2. The third kappa shape index (κ3) is 3.96. The Morgan fingerprint density at radius 3 is 2.88 bits per heavy atom. The van der Waals surface area contributed by atoms with Gasteiger partial charge in [-0.1, -0.05) is 0 Å². The van der Waals surface area contributed by atoms with E-state index in [1.807, 2.05) is 0 Å². The topological polar surface area (TPSA) is 70.7 Å². The lowest BCUT2D eigenvalue weighted by Gasteiger charge is -2.18. The second-order valence-corrected chi connectivity index (χ2v) is 7.44. The third-order valence-corrected chi connectivity index (χ3v) is 5.82. The summed E-state index contributed by atoms with van der Waals surface area (Å²) < 4.78 is 4.95. The van der Waals surface area contributed by atoms with Gasteiger partial charge in [0.05, 0.1) is 19.2 Å². The van der Waals surface area contributed by atoms with E-state index in [-0.39, 0.29) is 11.9 Å². The van der Waals surface area contributed by atoms with Gasteiger partial charge in [-0.05, 0) is 50.8 Å². The molecule has 1 fully saturated rings. The summed E-state index contributed by atoms with van der Waals surface area (Å²) >= 11 is 1.54. The largest absolute Gasteiger partial charge is 0.465 e. The van der Waals surface area contributed by atoms with Crippen LogP contribution in [0, 0.1) is 0 Å². The molecule has 0 bridgehead atoms. The number of carbonyl (C=O) groups excluding carboxylic acids is 2. The van der Waals surface area contributed by atoms with Gasteiger partial charge in [0, 0.05) is 18.0 Å². The molecule has 0 aromatic carbocycles. The summed E-state index contributed by atoms with van der Waals surface area (Å²) in [5, 5.41) is 6.96. The fourth-order valence-electron chi connectivity index (χ4n) is 3.40. The molecule has 2 aliphatic rings. The number of aryl methyl sites for hydroxylation is 1. The SMILES string of the molecule is COC(=O)c1c(NC(=O)CN2CCCNCC2)sc2c1CCCC2. The molecule has 1 amide bonds. The smallest absolute Gasteiger partial charge is 0.341 e. The molecule has 3 rings (SSSR count). The lowest BCUT2D eigenvalue weighted by Crippen LogP contribution is -2.35. The van der Waals surface area contributed by atoms with E-state index in [9.17, 15) is 9.59 Å². The molecule has 1 saturated heterocycles. The first kappa shape index (κ1) is 17.4. The number of hydrogen-bond acceptors (Lipinski definition) is 6. The van der Waals surface area contributed by atoms with E-state index in [0.717, 1.165) is 63.8 Å². The monoisotopic (exact) mass is 351 g/mol. The summed E-state index contributed by atoms with van der Waals surface area (Å²) in [5.41, 5.74) is 1.65. The molecular formula is C17H25N3O3S. The third-order valence-electron chi connectivity index (χ3n) is 4.61. The number of amides is 1. The Morgan fingerprint density at radius 1 is 1.21 bits per heavy atom. The van der Waals surface area contributed by atoms with Crippen molar-refractivity contribution in [2.75, 3.05) is 45.2 Å². The van der Waals surface area contributed by atoms with Gasteiger partial charge in [0.15, 0.2) is 0 Å². The minimum atomic E-state index is -0.344. The molecule has 6 nitrogen and oxygen atoms in total. The summed E-state index contributed by atoms with van der Waals surface area (Å²) in [6.07, 6.45) is 5.15. The van der Waals surface area contributed by atoms with Gasteiger partial charge >= 0.3 is 5.97 Å². The van der Waals surface area contributed by atoms with Crippen LogP contribution in [0.5, 0.6) is 0 Å². The maximum absolute atomic E-state index is 12.5. The zero-order valence-corrected chi connectivity index (χ0v) is 15.0. The molecule has 1 aliphatic carbocycles. The molecule has 24 heavy (non-hydrogen) atoms. The lowest BCUT2D eigenvalue weighted by molar-refractivity contribution is -0.117. The van der Waals surface area contributed by atoms with E-state index in [0.29, 0.717) is 17.1 Å². The van der Waals surface area contributed by atoms with Crippen molar-refractivity contribution in [3.63, 3.8) is 0 Å². The second kappa shape index (κ2) is 8.09. The van der Waals surface area contributed by atoms with Crippen LogP contribution in [0.25, 0.3) is 0 Å². The first-order chi connectivity index (χ1) is 11.7. The van der Waals surface area contributed by atoms with E-state index in [1.165, 1.54) is 23.3 Å². The van der Waals surface area contributed by atoms with Gasteiger partial charge < -0.3 is 15.4 Å². The maximum Gasteiger partial charge on any atom is 0.341 e. The fraction of sp³-hybridized carbons (Fsp3) is 0.647. The highest BCUT2D eigenvalue weighted by atomic mass is 32.1. The number of nitrogens with zero attached hydrogens (tertiary/aromatic N) is 1.